The maximum atomic E-state index is 10.1. The topological polar surface area (TPSA) is 20.2 Å². The molecule has 0 radical (unpaired) electrons. The fourth-order valence-electron chi connectivity index (χ4n) is 1.48. The summed E-state index contributed by atoms with van der Waals surface area (Å²) < 4.78 is 1.16. The first-order chi connectivity index (χ1) is 6.19. The second kappa shape index (κ2) is 3.57. The predicted molar refractivity (Wildman–Crippen MR) is 62.5 cm³/mol. The minimum atomic E-state index is -0.303. The van der Waals surface area contributed by atoms with Gasteiger partial charge in [0.15, 0.2) is 0 Å². The summed E-state index contributed by atoms with van der Waals surface area (Å²) in [6.07, 6.45) is 4.05. The van der Waals surface area contributed by atoms with Gasteiger partial charge < -0.3 is 5.11 Å². The molecule has 1 saturated carbocycles. The molecule has 1 nitrogen and oxygen atoms in total. The minimum absolute atomic E-state index is 0.115. The van der Waals surface area contributed by atoms with Crippen molar-refractivity contribution in [2.75, 3.05) is 6.26 Å². The van der Waals surface area contributed by atoms with Gasteiger partial charge in [-0.15, -0.1) is 0 Å². The van der Waals surface area contributed by atoms with E-state index in [1.165, 1.54) is 0 Å². The lowest BCUT2D eigenvalue weighted by atomic mass is 10.1. The van der Waals surface area contributed by atoms with Crippen molar-refractivity contribution in [2.24, 2.45) is 0 Å². The zero-order valence-corrected chi connectivity index (χ0v) is 10.5. The molecule has 0 spiro atoms. The zero-order chi connectivity index (χ0) is 9.47. The summed E-state index contributed by atoms with van der Waals surface area (Å²) in [4.78, 5) is 0. The number of aliphatic hydroxyl groups is 1. The molecule has 1 heterocycles. The summed E-state index contributed by atoms with van der Waals surface area (Å²) in [6.45, 7) is 0. The highest BCUT2D eigenvalue weighted by Gasteiger charge is 2.49. The van der Waals surface area contributed by atoms with Crippen molar-refractivity contribution < 1.29 is 5.11 Å². The summed E-state index contributed by atoms with van der Waals surface area (Å²) in [5.74, 6) is 0. The second-order valence-corrected chi connectivity index (χ2v) is 6.17. The molecule has 1 unspecified atom stereocenters. The van der Waals surface area contributed by atoms with Gasteiger partial charge in [-0.3, -0.25) is 0 Å². The normalized spacial score (nSPS) is 21.5. The third-order valence-electron chi connectivity index (χ3n) is 2.58. The van der Waals surface area contributed by atoms with Gasteiger partial charge in [-0.2, -0.15) is 23.1 Å². The number of hydrogen-bond donors (Lipinski definition) is 1. The molecule has 4 heteroatoms. The molecule has 13 heavy (non-hydrogen) atoms. The van der Waals surface area contributed by atoms with Crippen molar-refractivity contribution in [1.29, 1.82) is 0 Å². The van der Waals surface area contributed by atoms with Crippen LogP contribution in [-0.2, 0) is 0 Å². The summed E-state index contributed by atoms with van der Waals surface area (Å²) in [5, 5.41) is 14.2. The number of thioether (sulfide) groups is 1. The van der Waals surface area contributed by atoms with Gasteiger partial charge in [0.1, 0.15) is 0 Å². The molecule has 2 rings (SSSR count). The molecule has 1 aromatic heterocycles. The first kappa shape index (κ1) is 10.0. The standard InChI is InChI=1S/C9H11BrOS2/c1-12-9(2-3-9)8(11)6-4-13-5-7(6)10/h4-5,8,11H,2-3H2,1H3. The van der Waals surface area contributed by atoms with Crippen LogP contribution in [0.2, 0.25) is 0 Å². The van der Waals surface area contributed by atoms with E-state index in [4.69, 9.17) is 0 Å². The molecule has 0 amide bonds. The van der Waals surface area contributed by atoms with E-state index in [2.05, 4.69) is 22.2 Å². The molecular formula is C9H11BrOS2. The predicted octanol–water partition coefficient (Wildman–Crippen LogP) is 3.44. The Morgan fingerprint density at radius 2 is 2.31 bits per heavy atom. The summed E-state index contributed by atoms with van der Waals surface area (Å²) >= 11 is 6.88. The van der Waals surface area contributed by atoms with Gasteiger partial charge in [0, 0.05) is 20.2 Å². The molecule has 72 valence electrons. The SMILES string of the molecule is CSC1(C(O)c2cscc2Br)CC1. The van der Waals surface area contributed by atoms with Gasteiger partial charge in [-0.05, 0) is 40.4 Å². The van der Waals surface area contributed by atoms with Crippen LogP contribution < -0.4 is 0 Å². The molecule has 1 atom stereocenters. The summed E-state index contributed by atoms with van der Waals surface area (Å²) in [6, 6.07) is 0. The van der Waals surface area contributed by atoms with E-state index >= 15 is 0 Å². The Bertz CT molecular complexity index is 306. The Labute approximate surface area is 94.7 Å². The van der Waals surface area contributed by atoms with Crippen molar-refractivity contribution in [2.45, 2.75) is 23.7 Å². The van der Waals surface area contributed by atoms with Crippen molar-refractivity contribution in [3.05, 3.63) is 20.8 Å². The average molecular weight is 279 g/mol. The van der Waals surface area contributed by atoms with Gasteiger partial charge in [0.05, 0.1) is 6.10 Å². The number of rotatable bonds is 3. The Balaban J connectivity index is 2.22. The highest BCUT2D eigenvalue weighted by molar-refractivity contribution is 9.10. The van der Waals surface area contributed by atoms with Crippen LogP contribution in [0.15, 0.2) is 15.2 Å². The van der Waals surface area contributed by atoms with E-state index in [1.807, 2.05) is 10.8 Å². The lowest BCUT2D eigenvalue weighted by Crippen LogP contribution is -2.15. The maximum absolute atomic E-state index is 10.1. The molecule has 0 saturated heterocycles. The maximum Gasteiger partial charge on any atom is 0.0955 e. The molecule has 0 bridgehead atoms. The highest BCUT2D eigenvalue weighted by Crippen LogP contribution is 2.56. The van der Waals surface area contributed by atoms with Crippen LogP contribution in [0.25, 0.3) is 0 Å². The summed E-state index contributed by atoms with van der Waals surface area (Å²) in [5.41, 5.74) is 1.05. The zero-order valence-electron chi connectivity index (χ0n) is 7.29. The lowest BCUT2D eigenvalue weighted by molar-refractivity contribution is 0.167. The molecular weight excluding hydrogens is 268 g/mol. The van der Waals surface area contributed by atoms with E-state index in [1.54, 1.807) is 23.1 Å². The van der Waals surface area contributed by atoms with E-state index in [-0.39, 0.29) is 10.9 Å². The molecule has 1 aliphatic rings. The van der Waals surface area contributed by atoms with Crippen molar-refractivity contribution in [3.63, 3.8) is 0 Å². The molecule has 1 aromatic rings. The van der Waals surface area contributed by atoms with Crippen LogP contribution in [0, 0.1) is 0 Å². The van der Waals surface area contributed by atoms with Gasteiger partial charge in [-0.25, -0.2) is 0 Å². The van der Waals surface area contributed by atoms with E-state index in [9.17, 15) is 5.11 Å². The van der Waals surface area contributed by atoms with Crippen LogP contribution in [0.1, 0.15) is 24.5 Å². The third kappa shape index (κ3) is 1.69. The summed E-state index contributed by atoms with van der Waals surface area (Å²) in [7, 11) is 0. The number of halogens is 1. The van der Waals surface area contributed by atoms with Crippen molar-refractivity contribution in [3.8, 4) is 0 Å². The fourth-order valence-corrected chi connectivity index (χ4v) is 3.88. The Morgan fingerprint density at radius 3 is 2.69 bits per heavy atom. The van der Waals surface area contributed by atoms with Crippen LogP contribution in [0.3, 0.4) is 0 Å². The van der Waals surface area contributed by atoms with E-state index < -0.39 is 0 Å². The second-order valence-electron chi connectivity index (χ2n) is 3.35. The quantitative estimate of drug-likeness (QED) is 0.914. The van der Waals surface area contributed by atoms with Crippen molar-refractivity contribution >= 4 is 39.0 Å². The van der Waals surface area contributed by atoms with Crippen LogP contribution in [-0.4, -0.2) is 16.1 Å². The molecule has 0 aromatic carbocycles. The minimum Gasteiger partial charge on any atom is -0.387 e. The number of aliphatic hydroxyl groups excluding tert-OH is 1. The largest absolute Gasteiger partial charge is 0.387 e. The van der Waals surface area contributed by atoms with Crippen LogP contribution >= 0.6 is 39.0 Å². The smallest absolute Gasteiger partial charge is 0.0955 e. The van der Waals surface area contributed by atoms with Gasteiger partial charge in [0.25, 0.3) is 0 Å². The van der Waals surface area contributed by atoms with Gasteiger partial charge >= 0.3 is 0 Å². The van der Waals surface area contributed by atoms with Crippen molar-refractivity contribution in [1.82, 2.24) is 0 Å². The number of hydrogen-bond acceptors (Lipinski definition) is 3. The van der Waals surface area contributed by atoms with Crippen LogP contribution in [0.4, 0.5) is 0 Å². The molecule has 1 fully saturated rings. The Kier molecular flexibility index (Phi) is 2.75. The fraction of sp³-hybridized carbons (Fsp3) is 0.556. The lowest BCUT2D eigenvalue weighted by Gasteiger charge is -2.19. The average Bonchev–Trinajstić information content (AvgIpc) is 2.83. The monoisotopic (exact) mass is 278 g/mol. The number of thiophene rings is 1. The Hall–Kier alpha value is 0.490. The van der Waals surface area contributed by atoms with E-state index in [0.29, 0.717) is 0 Å². The molecule has 1 N–H and O–H groups in total. The van der Waals surface area contributed by atoms with Gasteiger partial charge in [-0.1, -0.05) is 0 Å². The first-order valence-electron chi connectivity index (χ1n) is 4.14. The first-order valence-corrected chi connectivity index (χ1v) is 7.10. The third-order valence-corrected chi connectivity index (χ3v) is 5.78. The van der Waals surface area contributed by atoms with E-state index in [0.717, 1.165) is 22.9 Å². The molecule has 1 aliphatic carbocycles. The molecule has 0 aliphatic heterocycles. The van der Waals surface area contributed by atoms with Gasteiger partial charge in [0.2, 0.25) is 0 Å². The Morgan fingerprint density at radius 1 is 1.62 bits per heavy atom. The van der Waals surface area contributed by atoms with Crippen LogP contribution in [0.5, 0.6) is 0 Å². The highest BCUT2D eigenvalue weighted by atomic mass is 79.9.